The Kier molecular flexibility index (Phi) is 5.49. The van der Waals surface area contributed by atoms with Crippen LogP contribution in [0.4, 0.5) is 5.69 Å². The Morgan fingerprint density at radius 3 is 2.48 bits per heavy atom. The average molecular weight is 413 g/mol. The number of carbonyl (C=O) groups is 1. The quantitative estimate of drug-likeness (QED) is 0.721. The van der Waals surface area contributed by atoms with E-state index in [2.05, 4.69) is 0 Å². The van der Waals surface area contributed by atoms with Gasteiger partial charge in [-0.15, -0.1) is 0 Å². The molecule has 2 aromatic carbocycles. The smallest absolute Gasteiger partial charge is 0.243 e. The van der Waals surface area contributed by atoms with Crippen molar-refractivity contribution in [1.29, 1.82) is 0 Å². The molecule has 2 aromatic rings. The maximum Gasteiger partial charge on any atom is 0.243 e. The number of nitrogens with zero attached hydrogens (tertiary/aromatic N) is 2. The highest BCUT2D eigenvalue weighted by Gasteiger charge is 2.37. The summed E-state index contributed by atoms with van der Waals surface area (Å²) < 4.78 is 28.0. The highest BCUT2D eigenvalue weighted by atomic mass is 32.2. The molecule has 1 fully saturated rings. The molecule has 4 rings (SSSR count). The van der Waals surface area contributed by atoms with Crippen LogP contribution in [0.3, 0.4) is 0 Å². The van der Waals surface area contributed by atoms with E-state index in [-0.39, 0.29) is 17.9 Å². The Balaban J connectivity index is 1.61. The SMILES string of the molecule is CCN(Cc1ccccc1)S(=O)(=O)c1ccc2c(c1)C[C@@H](C)N2C(=O)C1CCC1. The van der Waals surface area contributed by atoms with Gasteiger partial charge in [-0.05, 0) is 55.5 Å². The van der Waals surface area contributed by atoms with Crippen molar-refractivity contribution in [3.05, 3.63) is 59.7 Å². The standard InChI is InChI=1S/C23H28N2O3S/c1-3-24(16-18-8-5-4-6-9-18)29(27,28)21-12-13-22-20(15-21)14-17(2)25(22)23(26)19-10-7-11-19/h4-6,8-9,12-13,15,17,19H,3,7,10-11,14,16H2,1-2H3/t17-/m1/s1. The Hall–Kier alpha value is -2.18. The second-order valence-electron chi connectivity index (χ2n) is 8.10. The van der Waals surface area contributed by atoms with Gasteiger partial charge in [0.05, 0.1) is 4.90 Å². The maximum atomic E-state index is 13.3. The van der Waals surface area contributed by atoms with E-state index in [9.17, 15) is 13.2 Å². The fraction of sp³-hybridized carbons (Fsp3) is 0.435. The largest absolute Gasteiger partial charge is 0.309 e. The number of hydrogen-bond acceptors (Lipinski definition) is 3. The van der Waals surface area contributed by atoms with Crippen LogP contribution in [0.2, 0.25) is 0 Å². The molecular weight excluding hydrogens is 384 g/mol. The molecule has 0 radical (unpaired) electrons. The van der Waals surface area contributed by atoms with Gasteiger partial charge >= 0.3 is 0 Å². The van der Waals surface area contributed by atoms with Gasteiger partial charge in [0, 0.05) is 30.7 Å². The molecular formula is C23H28N2O3S. The normalized spacial score (nSPS) is 19.3. The molecule has 5 nitrogen and oxygen atoms in total. The van der Waals surface area contributed by atoms with Gasteiger partial charge in [0.2, 0.25) is 15.9 Å². The van der Waals surface area contributed by atoms with Crippen molar-refractivity contribution in [3.63, 3.8) is 0 Å². The zero-order valence-corrected chi connectivity index (χ0v) is 17.9. The first-order valence-corrected chi connectivity index (χ1v) is 11.9. The van der Waals surface area contributed by atoms with E-state index in [0.29, 0.717) is 24.4 Å². The van der Waals surface area contributed by atoms with E-state index >= 15 is 0 Å². The van der Waals surface area contributed by atoms with Crippen LogP contribution in [-0.2, 0) is 27.8 Å². The van der Waals surface area contributed by atoms with Crippen LogP contribution in [0.25, 0.3) is 0 Å². The van der Waals surface area contributed by atoms with Crippen molar-refractivity contribution < 1.29 is 13.2 Å². The molecule has 2 aliphatic rings. The van der Waals surface area contributed by atoms with Crippen molar-refractivity contribution in [3.8, 4) is 0 Å². The van der Waals surface area contributed by atoms with Crippen molar-refractivity contribution in [2.24, 2.45) is 5.92 Å². The summed E-state index contributed by atoms with van der Waals surface area (Å²) >= 11 is 0. The molecule has 6 heteroatoms. The molecule has 29 heavy (non-hydrogen) atoms. The third-order valence-electron chi connectivity index (χ3n) is 6.15. The number of rotatable bonds is 6. The summed E-state index contributed by atoms with van der Waals surface area (Å²) in [6.07, 6.45) is 3.75. The van der Waals surface area contributed by atoms with E-state index in [4.69, 9.17) is 0 Å². The second kappa shape index (κ2) is 7.92. The van der Waals surface area contributed by atoms with Gasteiger partial charge in [0.1, 0.15) is 0 Å². The molecule has 1 atom stereocenters. The molecule has 154 valence electrons. The first-order chi connectivity index (χ1) is 13.9. The summed E-state index contributed by atoms with van der Waals surface area (Å²) in [4.78, 5) is 15.0. The van der Waals surface area contributed by atoms with E-state index in [1.807, 2.05) is 55.1 Å². The first kappa shape index (κ1) is 20.1. The summed E-state index contributed by atoms with van der Waals surface area (Å²) in [5.74, 6) is 0.325. The molecule has 1 heterocycles. The number of benzene rings is 2. The zero-order valence-electron chi connectivity index (χ0n) is 17.0. The number of anilines is 1. The Morgan fingerprint density at radius 1 is 1.14 bits per heavy atom. The maximum absolute atomic E-state index is 13.3. The molecule has 1 aliphatic heterocycles. The molecule has 0 saturated heterocycles. The molecule has 0 unspecified atom stereocenters. The second-order valence-corrected chi connectivity index (χ2v) is 10.0. The summed E-state index contributed by atoms with van der Waals surface area (Å²) in [5.41, 5.74) is 2.78. The molecule has 0 aromatic heterocycles. The summed E-state index contributed by atoms with van der Waals surface area (Å²) in [5, 5.41) is 0. The number of fused-ring (bicyclic) bond motifs is 1. The monoisotopic (exact) mass is 412 g/mol. The van der Waals surface area contributed by atoms with Crippen LogP contribution in [0, 0.1) is 5.92 Å². The van der Waals surface area contributed by atoms with E-state index in [1.54, 1.807) is 12.1 Å². The number of hydrogen-bond donors (Lipinski definition) is 0. The number of amides is 1. The predicted molar refractivity (Wildman–Crippen MR) is 114 cm³/mol. The summed E-state index contributed by atoms with van der Waals surface area (Å²) in [7, 11) is -3.61. The zero-order chi connectivity index (χ0) is 20.6. The van der Waals surface area contributed by atoms with Crippen molar-refractivity contribution in [2.75, 3.05) is 11.4 Å². The predicted octanol–water partition coefficient (Wildman–Crippen LogP) is 3.98. The Bertz CT molecular complexity index is 1000. The van der Waals surface area contributed by atoms with Gasteiger partial charge in [-0.3, -0.25) is 4.79 Å². The van der Waals surface area contributed by atoms with Crippen molar-refractivity contribution >= 4 is 21.6 Å². The van der Waals surface area contributed by atoms with Gasteiger partial charge in [-0.2, -0.15) is 4.31 Å². The summed E-state index contributed by atoms with van der Waals surface area (Å²) in [6.45, 7) is 4.64. The molecule has 0 spiro atoms. The Labute approximate surface area is 173 Å². The third kappa shape index (κ3) is 3.71. The summed E-state index contributed by atoms with van der Waals surface area (Å²) in [6, 6.07) is 14.9. The minimum atomic E-state index is -3.61. The van der Waals surface area contributed by atoms with Crippen LogP contribution in [0.15, 0.2) is 53.4 Å². The van der Waals surface area contributed by atoms with E-state index in [0.717, 1.165) is 36.1 Å². The fourth-order valence-electron chi connectivity index (χ4n) is 4.26. The van der Waals surface area contributed by atoms with Crippen molar-refractivity contribution in [1.82, 2.24) is 4.31 Å². The average Bonchev–Trinajstić information content (AvgIpc) is 3.00. The molecule has 0 bridgehead atoms. The number of sulfonamides is 1. The van der Waals surface area contributed by atoms with Crippen LogP contribution < -0.4 is 4.90 Å². The lowest BCUT2D eigenvalue weighted by molar-refractivity contribution is -0.125. The minimum absolute atomic E-state index is 0.0719. The minimum Gasteiger partial charge on any atom is -0.309 e. The van der Waals surface area contributed by atoms with Gasteiger partial charge < -0.3 is 4.90 Å². The van der Waals surface area contributed by atoms with Gasteiger partial charge in [0.15, 0.2) is 0 Å². The molecule has 1 amide bonds. The van der Waals surface area contributed by atoms with Crippen LogP contribution in [0.1, 0.15) is 44.2 Å². The van der Waals surface area contributed by atoms with Crippen LogP contribution in [-0.4, -0.2) is 31.2 Å². The highest BCUT2D eigenvalue weighted by Crippen LogP contribution is 2.38. The van der Waals surface area contributed by atoms with E-state index in [1.165, 1.54) is 4.31 Å². The fourth-order valence-corrected chi connectivity index (χ4v) is 5.75. The lowest BCUT2D eigenvalue weighted by Gasteiger charge is -2.32. The lowest BCUT2D eigenvalue weighted by atomic mass is 9.84. The van der Waals surface area contributed by atoms with Gasteiger partial charge in [0.25, 0.3) is 0 Å². The lowest BCUT2D eigenvalue weighted by Crippen LogP contribution is -2.42. The van der Waals surface area contributed by atoms with Crippen LogP contribution >= 0.6 is 0 Å². The van der Waals surface area contributed by atoms with E-state index < -0.39 is 10.0 Å². The van der Waals surface area contributed by atoms with Crippen LogP contribution in [0.5, 0.6) is 0 Å². The van der Waals surface area contributed by atoms with Gasteiger partial charge in [-0.25, -0.2) is 8.42 Å². The topological polar surface area (TPSA) is 57.7 Å². The van der Waals surface area contributed by atoms with Crippen molar-refractivity contribution in [2.45, 2.75) is 57.0 Å². The van der Waals surface area contributed by atoms with Gasteiger partial charge in [-0.1, -0.05) is 43.7 Å². The molecule has 1 saturated carbocycles. The third-order valence-corrected chi connectivity index (χ3v) is 8.07. The number of carbonyl (C=O) groups excluding carboxylic acids is 1. The molecule has 1 aliphatic carbocycles. The first-order valence-electron chi connectivity index (χ1n) is 10.4. The Morgan fingerprint density at radius 2 is 1.86 bits per heavy atom. The molecule has 0 N–H and O–H groups in total. The highest BCUT2D eigenvalue weighted by molar-refractivity contribution is 7.89.